The third kappa shape index (κ3) is 8.00. The van der Waals surface area contributed by atoms with Crippen molar-refractivity contribution < 1.29 is 9.84 Å². The van der Waals surface area contributed by atoms with Crippen LogP contribution in [0.25, 0.3) is 0 Å². The fourth-order valence-electron chi connectivity index (χ4n) is 0.745. The molecule has 0 saturated carbocycles. The van der Waals surface area contributed by atoms with Crippen LogP contribution in [0.4, 0.5) is 0 Å². The Morgan fingerprint density at radius 3 is 2.33 bits per heavy atom. The summed E-state index contributed by atoms with van der Waals surface area (Å²) in [7, 11) is 1.81. The van der Waals surface area contributed by atoms with Crippen LogP contribution in [0.15, 0.2) is 12.3 Å². The maximum atomic E-state index is 8.46. The fraction of sp³-hybridized carbons (Fsp3) is 0.727. The van der Waals surface area contributed by atoms with Crippen LogP contribution < -0.4 is 4.74 Å². The molecule has 1 aromatic heterocycles. The summed E-state index contributed by atoms with van der Waals surface area (Å²) >= 11 is 0. The second kappa shape index (κ2) is 13.0. The molecule has 1 aromatic rings. The second-order valence-corrected chi connectivity index (χ2v) is 2.22. The number of aliphatic hydroxyl groups excluding tert-OH is 1. The predicted octanol–water partition coefficient (Wildman–Crippen LogP) is 2.23. The lowest BCUT2D eigenvalue weighted by Crippen LogP contribution is -2.03. The van der Waals surface area contributed by atoms with Gasteiger partial charge in [0.15, 0.2) is 0 Å². The minimum Gasteiger partial charge on any atom is -0.478 e. The number of rotatable bonds is 4. The number of aromatic nitrogens is 2. The first kappa shape index (κ1) is 16.4. The average Bonchev–Trinajstić information content (AvgIpc) is 2.71. The van der Waals surface area contributed by atoms with E-state index in [9.17, 15) is 0 Å². The molecule has 0 radical (unpaired) electrons. The molecule has 0 saturated heterocycles. The standard InChI is InChI=1S/C7H12N2O2.2C2H6/c1-9-7(3-4-8-9)11-6-2-5-10;2*1-2/h3-4,10H,2,5-6H2,1H3;2*1-2H3. The predicted molar refractivity (Wildman–Crippen MR) is 63.1 cm³/mol. The number of aryl methyl sites for hydroxylation is 1. The number of aliphatic hydroxyl groups is 1. The smallest absolute Gasteiger partial charge is 0.211 e. The Morgan fingerprint density at radius 2 is 1.93 bits per heavy atom. The third-order valence-corrected chi connectivity index (χ3v) is 1.33. The van der Waals surface area contributed by atoms with Gasteiger partial charge in [0.05, 0.1) is 12.8 Å². The average molecular weight is 216 g/mol. The van der Waals surface area contributed by atoms with Gasteiger partial charge in [-0.15, -0.1) is 0 Å². The van der Waals surface area contributed by atoms with Crippen LogP contribution in [0.1, 0.15) is 34.1 Å². The van der Waals surface area contributed by atoms with E-state index in [2.05, 4.69) is 5.10 Å². The Hall–Kier alpha value is -1.03. The number of hydrogen-bond donors (Lipinski definition) is 1. The molecular weight excluding hydrogens is 192 g/mol. The molecular formula is C11H24N2O2. The molecule has 0 amide bonds. The van der Waals surface area contributed by atoms with Crippen LogP contribution in [0.3, 0.4) is 0 Å². The van der Waals surface area contributed by atoms with E-state index >= 15 is 0 Å². The molecule has 0 aliphatic rings. The summed E-state index contributed by atoms with van der Waals surface area (Å²) in [5, 5.41) is 12.4. The highest BCUT2D eigenvalue weighted by atomic mass is 16.5. The van der Waals surface area contributed by atoms with Crippen LogP contribution in [-0.2, 0) is 7.05 Å². The molecule has 0 aromatic carbocycles. The Morgan fingerprint density at radius 1 is 1.33 bits per heavy atom. The van der Waals surface area contributed by atoms with E-state index in [-0.39, 0.29) is 6.61 Å². The number of hydrogen-bond acceptors (Lipinski definition) is 3. The molecule has 90 valence electrons. The molecule has 0 atom stereocenters. The zero-order valence-corrected chi connectivity index (χ0v) is 10.5. The normalized spacial score (nSPS) is 8.13. The van der Waals surface area contributed by atoms with Gasteiger partial charge in [-0.05, 0) is 0 Å². The minimum atomic E-state index is 0.165. The topological polar surface area (TPSA) is 47.3 Å². The molecule has 0 spiro atoms. The highest BCUT2D eigenvalue weighted by Crippen LogP contribution is 2.06. The summed E-state index contributed by atoms with van der Waals surface area (Å²) in [5.74, 6) is 0.735. The van der Waals surface area contributed by atoms with E-state index in [1.807, 2.05) is 34.7 Å². The molecule has 0 bridgehead atoms. The summed E-state index contributed by atoms with van der Waals surface area (Å²) in [4.78, 5) is 0. The van der Waals surface area contributed by atoms with E-state index in [4.69, 9.17) is 9.84 Å². The lowest BCUT2D eigenvalue weighted by atomic mass is 10.5. The van der Waals surface area contributed by atoms with Crippen LogP contribution in [0, 0.1) is 0 Å². The van der Waals surface area contributed by atoms with Crippen LogP contribution in [0.2, 0.25) is 0 Å². The summed E-state index contributed by atoms with van der Waals surface area (Å²) < 4.78 is 6.91. The lowest BCUT2D eigenvalue weighted by Gasteiger charge is -2.03. The zero-order chi connectivity index (χ0) is 12.1. The van der Waals surface area contributed by atoms with Crippen LogP contribution in [-0.4, -0.2) is 28.1 Å². The lowest BCUT2D eigenvalue weighted by molar-refractivity contribution is 0.224. The molecule has 4 nitrogen and oxygen atoms in total. The number of ether oxygens (including phenoxy) is 1. The molecule has 15 heavy (non-hydrogen) atoms. The van der Waals surface area contributed by atoms with Gasteiger partial charge in [-0.1, -0.05) is 27.7 Å². The van der Waals surface area contributed by atoms with Gasteiger partial charge in [0.25, 0.3) is 0 Å². The minimum absolute atomic E-state index is 0.165. The van der Waals surface area contributed by atoms with E-state index in [1.54, 1.807) is 16.9 Å². The van der Waals surface area contributed by atoms with Gasteiger partial charge < -0.3 is 9.84 Å². The summed E-state index contributed by atoms with van der Waals surface area (Å²) in [6.45, 7) is 8.70. The summed E-state index contributed by atoms with van der Waals surface area (Å²) in [6.07, 6.45) is 2.33. The Kier molecular flexibility index (Phi) is 14.2. The summed E-state index contributed by atoms with van der Waals surface area (Å²) in [5.41, 5.74) is 0. The first-order chi connectivity index (χ1) is 7.34. The van der Waals surface area contributed by atoms with Crippen molar-refractivity contribution in [2.45, 2.75) is 34.1 Å². The van der Waals surface area contributed by atoms with Crippen LogP contribution in [0.5, 0.6) is 5.88 Å². The van der Waals surface area contributed by atoms with Crippen molar-refractivity contribution in [1.29, 1.82) is 0 Å². The van der Waals surface area contributed by atoms with E-state index in [0.29, 0.717) is 13.0 Å². The molecule has 0 aliphatic heterocycles. The van der Waals surface area contributed by atoms with Gasteiger partial charge in [0, 0.05) is 26.1 Å². The van der Waals surface area contributed by atoms with Gasteiger partial charge in [0.1, 0.15) is 0 Å². The van der Waals surface area contributed by atoms with Gasteiger partial charge in [-0.3, -0.25) is 0 Å². The summed E-state index contributed by atoms with van der Waals surface area (Å²) in [6, 6.07) is 1.79. The van der Waals surface area contributed by atoms with Crippen molar-refractivity contribution in [1.82, 2.24) is 9.78 Å². The van der Waals surface area contributed by atoms with Gasteiger partial charge in [-0.2, -0.15) is 5.10 Å². The largest absolute Gasteiger partial charge is 0.478 e. The maximum absolute atomic E-state index is 8.46. The third-order valence-electron chi connectivity index (χ3n) is 1.33. The van der Waals surface area contributed by atoms with Crippen molar-refractivity contribution in [2.75, 3.05) is 13.2 Å². The molecule has 0 unspecified atom stereocenters. The SMILES string of the molecule is CC.CC.Cn1nccc1OCCCO. The van der Waals surface area contributed by atoms with Crippen molar-refractivity contribution in [2.24, 2.45) is 7.05 Å². The molecule has 1 heterocycles. The first-order valence-corrected chi connectivity index (χ1v) is 5.56. The molecule has 0 aliphatic carbocycles. The van der Waals surface area contributed by atoms with Crippen LogP contribution >= 0.6 is 0 Å². The highest BCUT2D eigenvalue weighted by molar-refractivity contribution is 5.06. The van der Waals surface area contributed by atoms with Crippen molar-refractivity contribution in [3.8, 4) is 5.88 Å². The first-order valence-electron chi connectivity index (χ1n) is 5.56. The maximum Gasteiger partial charge on any atom is 0.211 e. The van der Waals surface area contributed by atoms with E-state index < -0.39 is 0 Å². The zero-order valence-electron chi connectivity index (χ0n) is 10.5. The molecule has 1 rings (SSSR count). The second-order valence-electron chi connectivity index (χ2n) is 2.22. The van der Waals surface area contributed by atoms with E-state index in [1.165, 1.54) is 0 Å². The highest BCUT2D eigenvalue weighted by Gasteiger charge is 1.96. The monoisotopic (exact) mass is 216 g/mol. The molecule has 1 N–H and O–H groups in total. The molecule has 4 heteroatoms. The van der Waals surface area contributed by atoms with Gasteiger partial charge in [0.2, 0.25) is 5.88 Å². The Bertz CT molecular complexity index is 212. The number of nitrogens with zero attached hydrogens (tertiary/aromatic N) is 2. The van der Waals surface area contributed by atoms with Crippen molar-refractivity contribution >= 4 is 0 Å². The Balaban J connectivity index is 0. The fourth-order valence-corrected chi connectivity index (χ4v) is 0.745. The quantitative estimate of drug-likeness (QED) is 0.785. The van der Waals surface area contributed by atoms with E-state index in [0.717, 1.165) is 5.88 Å². The molecule has 0 fully saturated rings. The van der Waals surface area contributed by atoms with Gasteiger partial charge in [-0.25, -0.2) is 4.68 Å². The Labute approximate surface area is 92.9 Å². The van der Waals surface area contributed by atoms with Crippen molar-refractivity contribution in [3.05, 3.63) is 12.3 Å². The van der Waals surface area contributed by atoms with Crippen molar-refractivity contribution in [3.63, 3.8) is 0 Å². The van der Waals surface area contributed by atoms with Gasteiger partial charge >= 0.3 is 0 Å².